The largest absolute Gasteiger partial charge is 0.465 e. The van der Waals surface area contributed by atoms with Gasteiger partial charge in [0.25, 0.3) is 0 Å². The number of carbonyl (C=O) groups is 1. The van der Waals surface area contributed by atoms with Crippen LogP contribution in [0, 0.1) is 11.8 Å². The Hall–Kier alpha value is -0.530. The number of unbranched alkanes of at least 4 members (excludes halogenated alkanes) is 2. The van der Waals surface area contributed by atoms with Crippen LogP contribution in [0.3, 0.4) is 0 Å². The molecular formula is C15H30O2. The monoisotopic (exact) mass is 242 g/mol. The summed E-state index contributed by atoms with van der Waals surface area (Å²) in [5, 5.41) is 0. The van der Waals surface area contributed by atoms with Crippen LogP contribution < -0.4 is 0 Å². The quantitative estimate of drug-likeness (QED) is 0.414. The third-order valence-corrected chi connectivity index (χ3v) is 3.30. The second-order valence-electron chi connectivity index (χ2n) is 5.36. The van der Waals surface area contributed by atoms with Crippen molar-refractivity contribution < 1.29 is 9.53 Å². The lowest BCUT2D eigenvalue weighted by atomic mass is 10.0. The van der Waals surface area contributed by atoms with Crippen molar-refractivity contribution in [3.05, 3.63) is 0 Å². The highest BCUT2D eigenvalue weighted by Gasteiger charge is 2.08. The minimum Gasteiger partial charge on any atom is -0.465 e. The summed E-state index contributed by atoms with van der Waals surface area (Å²) < 4.78 is 5.27. The Morgan fingerprint density at radius 3 is 2.24 bits per heavy atom. The van der Waals surface area contributed by atoms with E-state index in [0.717, 1.165) is 31.6 Å². The summed E-state index contributed by atoms with van der Waals surface area (Å²) in [5.41, 5.74) is 0. The van der Waals surface area contributed by atoms with Crippen molar-refractivity contribution in [1.82, 2.24) is 0 Å². The van der Waals surface area contributed by atoms with E-state index < -0.39 is 0 Å². The van der Waals surface area contributed by atoms with Gasteiger partial charge in [-0.1, -0.05) is 59.8 Å². The molecule has 2 heteroatoms. The van der Waals surface area contributed by atoms with E-state index in [1.165, 1.54) is 12.8 Å². The number of ether oxygens (including phenoxy) is 1. The zero-order valence-electron chi connectivity index (χ0n) is 12.1. The van der Waals surface area contributed by atoms with Crippen LogP contribution in [-0.4, -0.2) is 12.6 Å². The summed E-state index contributed by atoms with van der Waals surface area (Å²) in [6.45, 7) is 9.38. The molecule has 0 radical (unpaired) electrons. The highest BCUT2D eigenvalue weighted by Crippen LogP contribution is 2.11. The molecule has 0 rings (SSSR count). The van der Waals surface area contributed by atoms with Crippen LogP contribution in [0.4, 0.5) is 0 Å². The molecule has 0 aliphatic carbocycles. The SMILES string of the molecule is CCC(CC)COC(=O)CCCCCC(C)C. The maximum Gasteiger partial charge on any atom is 0.305 e. The maximum atomic E-state index is 11.5. The minimum atomic E-state index is -0.0125. The molecule has 102 valence electrons. The van der Waals surface area contributed by atoms with Crippen molar-refractivity contribution in [2.75, 3.05) is 6.61 Å². The summed E-state index contributed by atoms with van der Waals surface area (Å²) >= 11 is 0. The Kier molecular flexibility index (Phi) is 10.3. The molecule has 0 bridgehead atoms. The second kappa shape index (κ2) is 10.6. The van der Waals surface area contributed by atoms with Gasteiger partial charge in [0.1, 0.15) is 0 Å². The highest BCUT2D eigenvalue weighted by molar-refractivity contribution is 5.69. The van der Waals surface area contributed by atoms with Crippen LogP contribution in [0.1, 0.15) is 72.6 Å². The molecule has 0 atom stereocenters. The van der Waals surface area contributed by atoms with E-state index >= 15 is 0 Å². The third-order valence-electron chi connectivity index (χ3n) is 3.30. The highest BCUT2D eigenvalue weighted by atomic mass is 16.5. The molecule has 0 heterocycles. The van der Waals surface area contributed by atoms with Gasteiger partial charge in [0.05, 0.1) is 6.61 Å². The van der Waals surface area contributed by atoms with Crippen molar-refractivity contribution in [1.29, 1.82) is 0 Å². The number of rotatable bonds is 10. The summed E-state index contributed by atoms with van der Waals surface area (Å²) in [6.07, 6.45) is 7.42. The molecule has 0 aromatic carbocycles. The van der Waals surface area contributed by atoms with Crippen LogP contribution in [-0.2, 0) is 9.53 Å². The molecule has 0 N–H and O–H groups in total. The van der Waals surface area contributed by atoms with Crippen LogP contribution in [0.2, 0.25) is 0 Å². The van der Waals surface area contributed by atoms with Gasteiger partial charge in [0.15, 0.2) is 0 Å². The van der Waals surface area contributed by atoms with E-state index in [9.17, 15) is 4.79 Å². The summed E-state index contributed by atoms with van der Waals surface area (Å²) in [6, 6.07) is 0. The number of hydrogen-bond donors (Lipinski definition) is 0. The molecule has 0 aliphatic heterocycles. The van der Waals surface area contributed by atoms with E-state index in [-0.39, 0.29) is 5.97 Å². The van der Waals surface area contributed by atoms with E-state index in [0.29, 0.717) is 18.9 Å². The van der Waals surface area contributed by atoms with Gasteiger partial charge in [-0.3, -0.25) is 4.79 Å². The van der Waals surface area contributed by atoms with Gasteiger partial charge in [-0.2, -0.15) is 0 Å². The first-order valence-corrected chi connectivity index (χ1v) is 7.25. The fourth-order valence-corrected chi connectivity index (χ4v) is 1.81. The van der Waals surface area contributed by atoms with Gasteiger partial charge >= 0.3 is 5.97 Å². The lowest BCUT2D eigenvalue weighted by molar-refractivity contribution is -0.145. The van der Waals surface area contributed by atoms with Crippen molar-refractivity contribution in [2.24, 2.45) is 11.8 Å². The first-order valence-electron chi connectivity index (χ1n) is 7.25. The Balaban J connectivity index is 3.40. The fraction of sp³-hybridized carbons (Fsp3) is 0.933. The number of esters is 1. The van der Waals surface area contributed by atoms with Crippen LogP contribution in [0.5, 0.6) is 0 Å². The smallest absolute Gasteiger partial charge is 0.305 e. The molecule has 0 spiro atoms. The molecule has 0 aromatic heterocycles. The van der Waals surface area contributed by atoms with Crippen LogP contribution in [0.25, 0.3) is 0 Å². The number of carbonyl (C=O) groups excluding carboxylic acids is 1. The molecule has 0 aromatic rings. The Labute approximate surface area is 107 Å². The average Bonchev–Trinajstić information content (AvgIpc) is 2.29. The zero-order chi connectivity index (χ0) is 13.1. The van der Waals surface area contributed by atoms with Crippen molar-refractivity contribution >= 4 is 5.97 Å². The Morgan fingerprint density at radius 2 is 1.71 bits per heavy atom. The second-order valence-corrected chi connectivity index (χ2v) is 5.36. The van der Waals surface area contributed by atoms with Gasteiger partial charge in [-0.25, -0.2) is 0 Å². The fourth-order valence-electron chi connectivity index (χ4n) is 1.81. The van der Waals surface area contributed by atoms with Crippen molar-refractivity contribution in [3.63, 3.8) is 0 Å². The van der Waals surface area contributed by atoms with E-state index in [1.807, 2.05) is 0 Å². The predicted molar refractivity (Wildman–Crippen MR) is 73.0 cm³/mol. The summed E-state index contributed by atoms with van der Waals surface area (Å²) in [4.78, 5) is 11.5. The van der Waals surface area contributed by atoms with Gasteiger partial charge in [-0.05, 0) is 18.3 Å². The summed E-state index contributed by atoms with van der Waals surface area (Å²) in [7, 11) is 0. The minimum absolute atomic E-state index is 0.0125. The Bertz CT molecular complexity index is 183. The first kappa shape index (κ1) is 16.5. The topological polar surface area (TPSA) is 26.3 Å². The normalized spacial score (nSPS) is 11.2. The van der Waals surface area contributed by atoms with Gasteiger partial charge < -0.3 is 4.74 Å². The molecule has 0 fully saturated rings. The van der Waals surface area contributed by atoms with Crippen LogP contribution >= 0.6 is 0 Å². The Morgan fingerprint density at radius 1 is 1.06 bits per heavy atom. The molecule has 2 nitrogen and oxygen atoms in total. The predicted octanol–water partition coefficient (Wildman–Crippen LogP) is 4.57. The van der Waals surface area contributed by atoms with Gasteiger partial charge in [-0.15, -0.1) is 0 Å². The van der Waals surface area contributed by atoms with Gasteiger partial charge in [0.2, 0.25) is 0 Å². The molecule has 0 aliphatic rings. The van der Waals surface area contributed by atoms with Gasteiger partial charge in [0, 0.05) is 6.42 Å². The van der Waals surface area contributed by atoms with E-state index in [4.69, 9.17) is 4.74 Å². The molecule has 0 unspecified atom stereocenters. The molecule has 0 saturated heterocycles. The molecule has 0 saturated carbocycles. The van der Waals surface area contributed by atoms with Crippen LogP contribution in [0.15, 0.2) is 0 Å². The number of hydrogen-bond acceptors (Lipinski definition) is 2. The zero-order valence-corrected chi connectivity index (χ0v) is 12.1. The molecular weight excluding hydrogens is 212 g/mol. The lowest BCUT2D eigenvalue weighted by Gasteiger charge is -2.12. The third kappa shape index (κ3) is 10.3. The summed E-state index contributed by atoms with van der Waals surface area (Å²) in [5.74, 6) is 1.30. The van der Waals surface area contributed by atoms with Crippen molar-refractivity contribution in [2.45, 2.75) is 72.6 Å². The maximum absolute atomic E-state index is 11.5. The van der Waals surface area contributed by atoms with E-state index in [2.05, 4.69) is 27.7 Å². The molecule has 0 amide bonds. The van der Waals surface area contributed by atoms with Crippen molar-refractivity contribution in [3.8, 4) is 0 Å². The standard InChI is InChI=1S/C15H30O2/c1-5-14(6-2)12-17-15(16)11-9-7-8-10-13(3)4/h13-14H,5-12H2,1-4H3. The average molecular weight is 242 g/mol. The van der Waals surface area contributed by atoms with E-state index in [1.54, 1.807) is 0 Å². The first-order chi connectivity index (χ1) is 8.10. The lowest BCUT2D eigenvalue weighted by Crippen LogP contribution is -2.12. The molecule has 17 heavy (non-hydrogen) atoms.